The largest absolute Gasteiger partial charge is 0.315 e. The monoisotopic (exact) mass is 285 g/mol. The van der Waals surface area contributed by atoms with Crippen molar-refractivity contribution in [2.75, 3.05) is 6.54 Å². The third-order valence-corrected chi connectivity index (χ3v) is 5.09. The number of hydrogen-bond acceptors (Lipinski definition) is 5. The topological polar surface area (TPSA) is 107 Å². The maximum Gasteiger partial charge on any atom is 0.269 e. The minimum atomic E-state index is -3.67. The first kappa shape index (κ1) is 13.9. The lowest BCUT2D eigenvalue weighted by Gasteiger charge is -2.31. The molecule has 8 heteroatoms. The average molecular weight is 285 g/mol. The molecule has 1 atom stereocenters. The van der Waals surface area contributed by atoms with Crippen LogP contribution in [0.5, 0.6) is 0 Å². The van der Waals surface area contributed by atoms with Crippen molar-refractivity contribution < 1.29 is 13.3 Å². The lowest BCUT2D eigenvalue weighted by Crippen LogP contribution is -2.48. The Balaban J connectivity index is 2.30. The summed E-state index contributed by atoms with van der Waals surface area (Å²) >= 11 is 0. The minimum Gasteiger partial charge on any atom is -0.315 e. The van der Waals surface area contributed by atoms with Gasteiger partial charge in [-0.05, 0) is 31.4 Å². The molecule has 0 amide bonds. The molecule has 2 rings (SSSR count). The summed E-state index contributed by atoms with van der Waals surface area (Å²) in [5.74, 6) is 0. The molecule has 7 nitrogen and oxygen atoms in total. The molecule has 0 saturated carbocycles. The molecule has 104 valence electrons. The van der Waals surface area contributed by atoms with E-state index in [0.29, 0.717) is 13.0 Å². The third-order valence-electron chi connectivity index (χ3n) is 3.15. The number of hydrogen-bond donors (Lipinski definition) is 1. The fraction of sp³-hybridized carbons (Fsp3) is 0.455. The second-order valence-corrected chi connectivity index (χ2v) is 6.32. The SMILES string of the molecule is NC1CCCCN1S(=O)(=O)c1ccc([N+](=O)[O-])cc1. The standard InChI is InChI=1S/C11H15N3O4S/c12-11-3-1-2-8-13(11)19(17,18)10-6-4-9(5-7-10)14(15)16/h4-7,11H,1-3,8,12H2. The van der Waals surface area contributed by atoms with Gasteiger partial charge in [-0.2, -0.15) is 4.31 Å². The predicted molar refractivity (Wildman–Crippen MR) is 68.8 cm³/mol. The summed E-state index contributed by atoms with van der Waals surface area (Å²) in [5, 5.41) is 10.5. The van der Waals surface area contributed by atoms with Crippen LogP contribution in [-0.2, 0) is 10.0 Å². The highest BCUT2D eigenvalue weighted by atomic mass is 32.2. The Morgan fingerprint density at radius 1 is 1.26 bits per heavy atom. The quantitative estimate of drug-likeness (QED) is 0.660. The van der Waals surface area contributed by atoms with E-state index in [-0.39, 0.29) is 10.6 Å². The van der Waals surface area contributed by atoms with Crippen LogP contribution in [0.1, 0.15) is 19.3 Å². The van der Waals surface area contributed by atoms with Gasteiger partial charge in [-0.3, -0.25) is 10.1 Å². The van der Waals surface area contributed by atoms with E-state index in [1.807, 2.05) is 0 Å². The molecule has 1 aromatic rings. The van der Waals surface area contributed by atoms with Crippen LogP contribution < -0.4 is 5.73 Å². The highest BCUT2D eigenvalue weighted by Crippen LogP contribution is 2.24. The molecule has 0 aromatic heterocycles. The average Bonchev–Trinajstić information content (AvgIpc) is 2.39. The summed E-state index contributed by atoms with van der Waals surface area (Å²) in [6, 6.07) is 4.86. The second kappa shape index (κ2) is 5.24. The molecule has 1 aliphatic rings. The van der Waals surface area contributed by atoms with Crippen LogP contribution in [0.15, 0.2) is 29.2 Å². The molecule has 19 heavy (non-hydrogen) atoms. The first-order valence-corrected chi connectivity index (χ1v) is 7.39. The fourth-order valence-electron chi connectivity index (χ4n) is 2.10. The Morgan fingerprint density at radius 3 is 2.42 bits per heavy atom. The summed E-state index contributed by atoms with van der Waals surface area (Å²) in [4.78, 5) is 10.0. The van der Waals surface area contributed by atoms with Crippen molar-refractivity contribution in [3.8, 4) is 0 Å². The maximum absolute atomic E-state index is 12.4. The van der Waals surface area contributed by atoms with E-state index < -0.39 is 21.1 Å². The zero-order valence-electron chi connectivity index (χ0n) is 10.2. The van der Waals surface area contributed by atoms with Gasteiger partial charge < -0.3 is 5.73 Å². The smallest absolute Gasteiger partial charge is 0.269 e. The molecular weight excluding hydrogens is 270 g/mol. The summed E-state index contributed by atoms with van der Waals surface area (Å²) in [6.07, 6.45) is 1.80. The van der Waals surface area contributed by atoms with E-state index in [1.165, 1.54) is 28.6 Å². The van der Waals surface area contributed by atoms with Crippen LogP contribution in [0.4, 0.5) is 5.69 Å². The number of piperidine rings is 1. The van der Waals surface area contributed by atoms with Gasteiger partial charge in [0.05, 0.1) is 16.0 Å². The molecule has 0 bridgehead atoms. The molecule has 1 aliphatic heterocycles. The minimum absolute atomic E-state index is 0.0375. The first-order valence-electron chi connectivity index (χ1n) is 5.95. The van der Waals surface area contributed by atoms with Gasteiger partial charge in [-0.15, -0.1) is 0 Å². The first-order chi connectivity index (χ1) is 8.93. The summed E-state index contributed by atoms with van der Waals surface area (Å²) in [5.41, 5.74) is 5.68. The Bertz CT molecular complexity index is 570. The number of non-ortho nitro benzene ring substituents is 1. The number of rotatable bonds is 3. The van der Waals surface area contributed by atoms with Crippen LogP contribution in [-0.4, -0.2) is 30.4 Å². The maximum atomic E-state index is 12.4. The Kier molecular flexibility index (Phi) is 3.83. The molecule has 0 spiro atoms. The molecule has 1 fully saturated rings. The van der Waals surface area contributed by atoms with E-state index in [2.05, 4.69) is 0 Å². The zero-order chi connectivity index (χ0) is 14.0. The van der Waals surface area contributed by atoms with Crippen LogP contribution in [0.2, 0.25) is 0 Å². The Morgan fingerprint density at radius 2 is 1.89 bits per heavy atom. The van der Waals surface area contributed by atoms with Crippen LogP contribution in [0.25, 0.3) is 0 Å². The number of nitrogens with two attached hydrogens (primary N) is 1. The van der Waals surface area contributed by atoms with Gasteiger partial charge in [0, 0.05) is 18.7 Å². The van der Waals surface area contributed by atoms with Gasteiger partial charge in [0.1, 0.15) is 0 Å². The van der Waals surface area contributed by atoms with Gasteiger partial charge >= 0.3 is 0 Å². The van der Waals surface area contributed by atoms with Gasteiger partial charge in [0.15, 0.2) is 0 Å². The Hall–Kier alpha value is -1.51. The van der Waals surface area contributed by atoms with Crippen molar-refractivity contribution in [2.24, 2.45) is 5.73 Å². The lowest BCUT2D eigenvalue weighted by atomic mass is 10.1. The third kappa shape index (κ3) is 2.75. The van der Waals surface area contributed by atoms with Crippen molar-refractivity contribution in [3.05, 3.63) is 34.4 Å². The van der Waals surface area contributed by atoms with Gasteiger partial charge in [0.2, 0.25) is 10.0 Å². The van der Waals surface area contributed by atoms with Gasteiger partial charge in [0.25, 0.3) is 5.69 Å². The van der Waals surface area contributed by atoms with Gasteiger partial charge in [-0.25, -0.2) is 8.42 Å². The van der Waals surface area contributed by atoms with Crippen molar-refractivity contribution in [3.63, 3.8) is 0 Å². The summed E-state index contributed by atoms with van der Waals surface area (Å²) < 4.78 is 26.0. The molecular formula is C11H15N3O4S. The second-order valence-electron chi connectivity index (χ2n) is 4.43. The molecule has 0 aliphatic carbocycles. The van der Waals surface area contributed by atoms with E-state index in [1.54, 1.807) is 0 Å². The summed E-state index contributed by atoms with van der Waals surface area (Å²) in [7, 11) is -3.67. The number of nitrogens with zero attached hydrogens (tertiary/aromatic N) is 2. The molecule has 1 saturated heterocycles. The predicted octanol–water partition coefficient (Wildman–Crippen LogP) is 1.05. The van der Waals surface area contributed by atoms with Crippen molar-refractivity contribution >= 4 is 15.7 Å². The lowest BCUT2D eigenvalue weighted by molar-refractivity contribution is -0.384. The summed E-state index contributed by atoms with van der Waals surface area (Å²) in [6.45, 7) is 0.389. The van der Waals surface area contributed by atoms with Crippen molar-refractivity contribution in [2.45, 2.75) is 30.3 Å². The molecule has 1 heterocycles. The Labute approximate surface area is 111 Å². The van der Waals surface area contributed by atoms with E-state index in [0.717, 1.165) is 12.8 Å². The van der Waals surface area contributed by atoms with E-state index >= 15 is 0 Å². The number of benzene rings is 1. The highest BCUT2D eigenvalue weighted by molar-refractivity contribution is 7.89. The van der Waals surface area contributed by atoms with Crippen molar-refractivity contribution in [1.82, 2.24) is 4.31 Å². The van der Waals surface area contributed by atoms with E-state index in [9.17, 15) is 18.5 Å². The van der Waals surface area contributed by atoms with E-state index in [4.69, 9.17) is 5.73 Å². The number of nitro groups is 1. The van der Waals surface area contributed by atoms with Crippen LogP contribution in [0.3, 0.4) is 0 Å². The molecule has 1 aromatic carbocycles. The normalized spacial score (nSPS) is 21.2. The van der Waals surface area contributed by atoms with Gasteiger partial charge in [-0.1, -0.05) is 0 Å². The highest BCUT2D eigenvalue weighted by Gasteiger charge is 2.31. The number of sulfonamides is 1. The molecule has 1 unspecified atom stereocenters. The van der Waals surface area contributed by atoms with Crippen LogP contribution >= 0.6 is 0 Å². The number of nitro benzene ring substituents is 1. The van der Waals surface area contributed by atoms with Crippen LogP contribution in [0, 0.1) is 10.1 Å². The zero-order valence-corrected chi connectivity index (χ0v) is 11.0. The molecule has 2 N–H and O–H groups in total. The fourth-order valence-corrected chi connectivity index (χ4v) is 3.69. The molecule has 0 radical (unpaired) electrons. The van der Waals surface area contributed by atoms with Crippen molar-refractivity contribution in [1.29, 1.82) is 0 Å².